The molecule has 0 aliphatic heterocycles. The van der Waals surface area contributed by atoms with Crippen LogP contribution in [0, 0.1) is 0 Å². The average molecular weight is 527 g/mol. The van der Waals surface area contributed by atoms with Crippen molar-refractivity contribution in [1.29, 1.82) is 0 Å². The second-order valence-corrected chi connectivity index (χ2v) is 8.73. The van der Waals surface area contributed by atoms with Crippen molar-refractivity contribution in [2.24, 2.45) is 0 Å². The molecule has 0 bridgehead atoms. The predicted molar refractivity (Wildman–Crippen MR) is 133 cm³/mol. The maximum Gasteiger partial charge on any atom is 0.420 e. The van der Waals surface area contributed by atoms with E-state index < -0.39 is 47.4 Å². The summed E-state index contributed by atoms with van der Waals surface area (Å²) in [6.45, 7) is 1.37. The number of carbonyl (C=O) groups is 3. The van der Waals surface area contributed by atoms with Gasteiger partial charge in [0.2, 0.25) is 5.91 Å². The van der Waals surface area contributed by atoms with Gasteiger partial charge in [-0.3, -0.25) is 19.9 Å². The monoisotopic (exact) mass is 527 g/mol. The van der Waals surface area contributed by atoms with Gasteiger partial charge in [-0.05, 0) is 55.2 Å². The first kappa shape index (κ1) is 26.6. The number of rotatable bonds is 9. The normalized spacial score (nSPS) is 13.1. The third kappa shape index (κ3) is 6.47. The van der Waals surface area contributed by atoms with E-state index in [4.69, 9.17) is 9.84 Å². The highest BCUT2D eigenvalue weighted by Crippen LogP contribution is 2.42. The molecule has 8 nitrogen and oxygen atoms in total. The van der Waals surface area contributed by atoms with E-state index in [0.29, 0.717) is 12.0 Å². The number of nitrogens with one attached hydrogen (secondary N) is 2. The fraction of sp³-hybridized carbons (Fsp3) is 0.259. The largest absolute Gasteiger partial charge is 0.493 e. The van der Waals surface area contributed by atoms with Crippen molar-refractivity contribution in [1.82, 2.24) is 4.98 Å². The van der Waals surface area contributed by atoms with Gasteiger partial charge in [0.1, 0.15) is 5.75 Å². The second-order valence-electron chi connectivity index (χ2n) is 8.73. The Kier molecular flexibility index (Phi) is 7.65. The van der Waals surface area contributed by atoms with Gasteiger partial charge >= 0.3 is 12.3 Å². The number of benzene rings is 2. The minimum absolute atomic E-state index is 0.101. The van der Waals surface area contributed by atoms with E-state index in [2.05, 4.69) is 10.3 Å². The van der Waals surface area contributed by atoms with E-state index >= 15 is 0 Å². The topological polar surface area (TPSA) is 118 Å². The molecule has 0 saturated heterocycles. The number of alkyl halides is 3. The smallest absolute Gasteiger partial charge is 0.420 e. The molecule has 2 aromatic carbocycles. The van der Waals surface area contributed by atoms with Crippen molar-refractivity contribution in [2.45, 2.75) is 38.3 Å². The number of carbonyl (C=O) groups excluding carboxylic acids is 2. The Labute approximate surface area is 215 Å². The lowest BCUT2D eigenvalue weighted by Gasteiger charge is -2.18. The van der Waals surface area contributed by atoms with Crippen LogP contribution in [0.25, 0.3) is 11.1 Å². The van der Waals surface area contributed by atoms with Crippen molar-refractivity contribution in [2.75, 3.05) is 17.2 Å². The molecule has 0 radical (unpaired) electrons. The highest BCUT2D eigenvalue weighted by Gasteiger charge is 2.36. The van der Waals surface area contributed by atoms with Crippen LogP contribution in [0.4, 0.5) is 29.3 Å². The van der Waals surface area contributed by atoms with Crippen LogP contribution in [0.2, 0.25) is 0 Å². The van der Waals surface area contributed by atoms with Crippen LogP contribution in [-0.2, 0) is 11.0 Å². The van der Waals surface area contributed by atoms with Crippen LogP contribution in [0.5, 0.6) is 5.75 Å². The number of nitrogens with zero attached hydrogens (tertiary/aromatic N) is 1. The first-order valence-corrected chi connectivity index (χ1v) is 11.8. The number of carboxylic acid groups (broad SMARTS) is 1. The summed E-state index contributed by atoms with van der Waals surface area (Å²) < 4.78 is 45.7. The third-order valence-electron chi connectivity index (χ3n) is 5.86. The fourth-order valence-electron chi connectivity index (χ4n) is 3.94. The van der Waals surface area contributed by atoms with Crippen molar-refractivity contribution < 1.29 is 37.4 Å². The van der Waals surface area contributed by atoms with Crippen LogP contribution < -0.4 is 15.4 Å². The zero-order valence-electron chi connectivity index (χ0n) is 20.3. The highest BCUT2D eigenvalue weighted by molar-refractivity contribution is 6.12. The summed E-state index contributed by atoms with van der Waals surface area (Å²) in [6, 6.07) is 11.9. The Morgan fingerprint density at radius 1 is 1.03 bits per heavy atom. The molecular weight excluding hydrogens is 503 g/mol. The van der Waals surface area contributed by atoms with Crippen LogP contribution in [0.1, 0.15) is 53.7 Å². The first-order valence-electron chi connectivity index (χ1n) is 11.8. The predicted octanol–water partition coefficient (Wildman–Crippen LogP) is 6.34. The molecule has 1 aromatic heterocycles. The molecule has 0 spiro atoms. The maximum absolute atomic E-state index is 13.6. The Balaban J connectivity index is 1.54. The number of ether oxygens (including phenoxy) is 1. The van der Waals surface area contributed by atoms with E-state index in [9.17, 15) is 27.6 Å². The van der Waals surface area contributed by atoms with Crippen LogP contribution >= 0.6 is 0 Å². The van der Waals surface area contributed by atoms with E-state index in [-0.39, 0.29) is 17.9 Å². The van der Waals surface area contributed by atoms with E-state index in [1.54, 1.807) is 18.3 Å². The number of Topliss-reactive ketones (excluding diaryl/α,β-unsaturated/α-hetero) is 1. The van der Waals surface area contributed by atoms with Gasteiger partial charge in [0.15, 0.2) is 5.78 Å². The fourth-order valence-corrected chi connectivity index (χ4v) is 3.94. The zero-order chi connectivity index (χ0) is 27.4. The van der Waals surface area contributed by atoms with Gasteiger partial charge in [-0.1, -0.05) is 18.2 Å². The van der Waals surface area contributed by atoms with Gasteiger partial charge < -0.3 is 15.2 Å². The quantitative estimate of drug-likeness (QED) is 0.221. The summed E-state index contributed by atoms with van der Waals surface area (Å²) in [5.74, 6) is -1.62. The SMILES string of the molecule is CCOc1cc(NC(=O)O)c(NC(=O)CC(=O)c2cccc(-c3ccnc(C4CC4)c3)c2)cc1C(F)(F)F. The van der Waals surface area contributed by atoms with Crippen LogP contribution in [0.15, 0.2) is 54.7 Å². The van der Waals surface area contributed by atoms with E-state index in [0.717, 1.165) is 35.7 Å². The van der Waals surface area contributed by atoms with Gasteiger partial charge in [-0.25, -0.2) is 4.79 Å². The zero-order valence-corrected chi connectivity index (χ0v) is 20.3. The number of hydrogen-bond donors (Lipinski definition) is 3. The number of ketones is 1. The van der Waals surface area contributed by atoms with Gasteiger partial charge in [0.25, 0.3) is 0 Å². The lowest BCUT2D eigenvalue weighted by atomic mass is 9.99. The Morgan fingerprint density at radius 3 is 2.39 bits per heavy atom. The molecule has 4 rings (SSSR count). The summed E-state index contributed by atoms with van der Waals surface area (Å²) >= 11 is 0. The molecule has 0 atom stereocenters. The van der Waals surface area contributed by atoms with E-state index in [1.807, 2.05) is 23.5 Å². The van der Waals surface area contributed by atoms with E-state index in [1.165, 1.54) is 13.0 Å². The lowest BCUT2D eigenvalue weighted by Crippen LogP contribution is -2.20. The molecular formula is C27H24F3N3O5. The molecule has 2 amide bonds. The number of hydrogen-bond acceptors (Lipinski definition) is 5. The number of aromatic nitrogens is 1. The summed E-state index contributed by atoms with van der Waals surface area (Å²) in [5.41, 5.74) is 0.869. The molecule has 1 fully saturated rings. The maximum atomic E-state index is 13.6. The van der Waals surface area contributed by atoms with Crippen molar-refractivity contribution in [3.05, 3.63) is 71.5 Å². The second kappa shape index (κ2) is 10.9. The van der Waals surface area contributed by atoms with Gasteiger partial charge in [0, 0.05) is 29.4 Å². The number of pyridine rings is 1. The Bertz CT molecular complexity index is 1390. The van der Waals surface area contributed by atoms with Gasteiger partial charge in [-0.2, -0.15) is 13.2 Å². The summed E-state index contributed by atoms with van der Waals surface area (Å²) in [4.78, 5) is 41.1. The summed E-state index contributed by atoms with van der Waals surface area (Å²) in [6.07, 6.45) is -3.18. The van der Waals surface area contributed by atoms with Gasteiger partial charge in [-0.15, -0.1) is 0 Å². The van der Waals surface area contributed by atoms with Crippen molar-refractivity contribution in [3.63, 3.8) is 0 Å². The third-order valence-corrected chi connectivity index (χ3v) is 5.86. The molecule has 1 aliphatic carbocycles. The minimum atomic E-state index is -4.84. The van der Waals surface area contributed by atoms with Gasteiger partial charge in [0.05, 0.1) is 30.0 Å². The molecule has 3 N–H and O–H groups in total. The van der Waals surface area contributed by atoms with Crippen molar-refractivity contribution >= 4 is 29.2 Å². The molecule has 0 unspecified atom stereocenters. The standard InChI is InChI=1S/C27H24F3N3O5/c1-2-38-24-13-22(33-26(36)37)21(12-19(24)27(28,29)30)32-25(35)14-23(34)18-5-3-4-16(10-18)17-8-9-31-20(11-17)15-6-7-15/h3-5,8-13,15,33H,2,6-7,14H2,1H3,(H,32,35)(H,36,37). The number of amides is 2. The lowest BCUT2D eigenvalue weighted by molar-refractivity contribution is -0.138. The molecule has 1 aliphatic rings. The molecule has 11 heteroatoms. The summed E-state index contributed by atoms with van der Waals surface area (Å²) in [5, 5.41) is 13.3. The first-order chi connectivity index (χ1) is 18.0. The number of halogens is 3. The highest BCUT2D eigenvalue weighted by atomic mass is 19.4. The average Bonchev–Trinajstić information content (AvgIpc) is 3.70. The van der Waals surface area contributed by atoms with Crippen molar-refractivity contribution in [3.8, 4) is 16.9 Å². The molecule has 1 saturated carbocycles. The summed E-state index contributed by atoms with van der Waals surface area (Å²) in [7, 11) is 0. The Morgan fingerprint density at radius 2 is 1.74 bits per heavy atom. The molecule has 1 heterocycles. The molecule has 198 valence electrons. The van der Waals surface area contributed by atoms with Crippen LogP contribution in [0.3, 0.4) is 0 Å². The Hall–Kier alpha value is -4.41. The molecule has 38 heavy (non-hydrogen) atoms. The molecule has 3 aromatic rings. The van der Waals surface area contributed by atoms with Crippen LogP contribution in [-0.4, -0.2) is 34.5 Å². The number of anilines is 2. The minimum Gasteiger partial charge on any atom is -0.493 e.